The minimum atomic E-state index is 0.222. The predicted octanol–water partition coefficient (Wildman–Crippen LogP) is 5.27. The van der Waals surface area contributed by atoms with Crippen molar-refractivity contribution in [2.24, 2.45) is 0 Å². The van der Waals surface area contributed by atoms with Crippen LogP contribution in [0.5, 0.6) is 0 Å². The normalized spacial score (nSPS) is 13.2. The van der Waals surface area contributed by atoms with E-state index in [1.165, 1.54) is 5.56 Å². The molecule has 0 spiro atoms. The average Bonchev–Trinajstić information content (AvgIpc) is 3.21. The molecule has 134 valence electrons. The van der Waals surface area contributed by atoms with Crippen molar-refractivity contribution in [3.63, 3.8) is 0 Å². The first-order valence-electron chi connectivity index (χ1n) is 8.90. The minimum Gasteiger partial charge on any atom is -0.343 e. The van der Waals surface area contributed by atoms with Crippen molar-refractivity contribution in [3.05, 3.63) is 52.3 Å². The van der Waals surface area contributed by atoms with E-state index >= 15 is 0 Å². The first-order valence-corrected chi connectivity index (χ1v) is 9.28. The van der Waals surface area contributed by atoms with Crippen LogP contribution in [0.25, 0.3) is 22.1 Å². The molecule has 2 N–H and O–H groups in total. The molecule has 0 aliphatic heterocycles. The molecule has 1 atom stereocenters. The van der Waals surface area contributed by atoms with Gasteiger partial charge in [0.1, 0.15) is 11.3 Å². The van der Waals surface area contributed by atoms with Crippen LogP contribution in [0.2, 0.25) is 5.02 Å². The third-order valence-electron chi connectivity index (χ3n) is 4.99. The van der Waals surface area contributed by atoms with E-state index < -0.39 is 0 Å². The molecule has 6 heteroatoms. The molecule has 0 aliphatic carbocycles. The van der Waals surface area contributed by atoms with Gasteiger partial charge in [-0.1, -0.05) is 32.4 Å². The quantitative estimate of drug-likeness (QED) is 0.516. The molecule has 4 rings (SSSR count). The lowest BCUT2D eigenvalue weighted by Gasteiger charge is -2.12. The van der Waals surface area contributed by atoms with E-state index in [1.54, 1.807) is 6.33 Å². The van der Waals surface area contributed by atoms with Gasteiger partial charge in [0.05, 0.1) is 34.1 Å². The Labute approximate surface area is 157 Å². The Kier molecular flexibility index (Phi) is 4.19. The SMILES string of the molecule is Cc1c(C(C)Cc2nc3c(Cl)cc(C(C)C)cc3[nH]2)ncc2[nH]cnc12. The van der Waals surface area contributed by atoms with Crippen molar-refractivity contribution in [2.45, 2.75) is 46.0 Å². The fraction of sp³-hybridized carbons (Fsp3) is 0.350. The van der Waals surface area contributed by atoms with Gasteiger partial charge in [-0.15, -0.1) is 0 Å². The summed E-state index contributed by atoms with van der Waals surface area (Å²) in [6, 6.07) is 4.16. The fourth-order valence-corrected chi connectivity index (χ4v) is 3.78. The van der Waals surface area contributed by atoms with Crippen LogP contribution in [-0.2, 0) is 6.42 Å². The number of aromatic nitrogens is 5. The zero-order chi connectivity index (χ0) is 18.4. The molecular formula is C20H22ClN5. The summed E-state index contributed by atoms with van der Waals surface area (Å²) in [5.74, 6) is 1.58. The van der Waals surface area contributed by atoms with Gasteiger partial charge in [-0.05, 0) is 36.1 Å². The number of aryl methyl sites for hydroxylation is 1. The van der Waals surface area contributed by atoms with E-state index in [-0.39, 0.29) is 5.92 Å². The molecule has 0 bridgehead atoms. The number of rotatable bonds is 4. The first-order chi connectivity index (χ1) is 12.4. The summed E-state index contributed by atoms with van der Waals surface area (Å²) in [5, 5.41) is 0.702. The van der Waals surface area contributed by atoms with E-state index in [1.807, 2.05) is 12.3 Å². The number of aromatic amines is 2. The Morgan fingerprint density at radius 2 is 1.88 bits per heavy atom. The standard InChI is InChI=1S/C20H22ClN5/c1-10(2)13-6-14(21)20-15(7-13)25-17(26-20)5-11(3)18-12(4)19-16(8-22-18)23-9-24-19/h6-11H,5H2,1-4H3,(H,23,24)(H,25,26). The molecule has 0 saturated carbocycles. The van der Waals surface area contributed by atoms with E-state index in [9.17, 15) is 0 Å². The summed E-state index contributed by atoms with van der Waals surface area (Å²) in [5.41, 5.74) is 7.17. The van der Waals surface area contributed by atoms with Crippen LogP contribution in [0.1, 0.15) is 55.3 Å². The van der Waals surface area contributed by atoms with Gasteiger partial charge in [-0.2, -0.15) is 0 Å². The number of imidazole rings is 2. The Morgan fingerprint density at radius 3 is 2.65 bits per heavy atom. The molecule has 0 amide bonds. The van der Waals surface area contributed by atoms with Crippen LogP contribution in [-0.4, -0.2) is 24.9 Å². The van der Waals surface area contributed by atoms with Gasteiger partial charge in [0.15, 0.2) is 0 Å². The molecule has 5 nitrogen and oxygen atoms in total. The number of halogens is 1. The van der Waals surface area contributed by atoms with E-state index in [0.717, 1.165) is 45.6 Å². The van der Waals surface area contributed by atoms with Crippen LogP contribution < -0.4 is 0 Å². The van der Waals surface area contributed by atoms with Crippen molar-refractivity contribution < 1.29 is 0 Å². The monoisotopic (exact) mass is 367 g/mol. The van der Waals surface area contributed by atoms with Gasteiger partial charge < -0.3 is 9.97 Å². The van der Waals surface area contributed by atoms with Gasteiger partial charge in [0.25, 0.3) is 0 Å². The van der Waals surface area contributed by atoms with Crippen molar-refractivity contribution in [3.8, 4) is 0 Å². The molecule has 0 radical (unpaired) electrons. The highest BCUT2D eigenvalue weighted by molar-refractivity contribution is 6.35. The van der Waals surface area contributed by atoms with Gasteiger partial charge in [0, 0.05) is 18.0 Å². The van der Waals surface area contributed by atoms with Crippen molar-refractivity contribution in [1.82, 2.24) is 24.9 Å². The largest absolute Gasteiger partial charge is 0.343 e. The van der Waals surface area contributed by atoms with Crippen molar-refractivity contribution in [1.29, 1.82) is 0 Å². The molecule has 0 aliphatic rings. The summed E-state index contributed by atoms with van der Waals surface area (Å²) in [4.78, 5) is 20.3. The smallest absolute Gasteiger partial charge is 0.107 e. The summed E-state index contributed by atoms with van der Waals surface area (Å²) in [6.07, 6.45) is 4.33. The van der Waals surface area contributed by atoms with Crippen LogP contribution in [0.15, 0.2) is 24.7 Å². The maximum absolute atomic E-state index is 6.44. The highest BCUT2D eigenvalue weighted by Gasteiger charge is 2.17. The molecule has 0 fully saturated rings. The van der Waals surface area contributed by atoms with E-state index in [2.05, 4.69) is 53.7 Å². The molecule has 0 saturated heterocycles. The summed E-state index contributed by atoms with van der Waals surface area (Å²) in [6.45, 7) is 8.57. The lowest BCUT2D eigenvalue weighted by molar-refractivity contribution is 0.701. The van der Waals surface area contributed by atoms with E-state index in [4.69, 9.17) is 16.6 Å². The Morgan fingerprint density at radius 1 is 1.08 bits per heavy atom. The van der Waals surface area contributed by atoms with Crippen LogP contribution in [0.3, 0.4) is 0 Å². The Hall–Kier alpha value is -2.40. The first kappa shape index (κ1) is 17.0. The predicted molar refractivity (Wildman–Crippen MR) is 106 cm³/mol. The zero-order valence-corrected chi connectivity index (χ0v) is 16.1. The number of nitrogens with one attached hydrogen (secondary N) is 2. The molecule has 26 heavy (non-hydrogen) atoms. The molecule has 1 unspecified atom stereocenters. The number of H-pyrrole nitrogens is 2. The number of fused-ring (bicyclic) bond motifs is 2. The second kappa shape index (κ2) is 6.40. The lowest BCUT2D eigenvalue weighted by atomic mass is 9.98. The minimum absolute atomic E-state index is 0.222. The average molecular weight is 368 g/mol. The second-order valence-corrected chi connectivity index (χ2v) is 7.68. The van der Waals surface area contributed by atoms with Crippen LogP contribution in [0.4, 0.5) is 0 Å². The summed E-state index contributed by atoms with van der Waals surface area (Å²) in [7, 11) is 0. The molecule has 3 heterocycles. The Balaban J connectivity index is 1.67. The number of nitrogens with zero attached hydrogens (tertiary/aromatic N) is 3. The molecular weight excluding hydrogens is 346 g/mol. The van der Waals surface area contributed by atoms with Gasteiger partial charge in [0.2, 0.25) is 0 Å². The molecule has 1 aromatic carbocycles. The Bertz CT molecular complexity index is 1090. The lowest BCUT2D eigenvalue weighted by Crippen LogP contribution is -2.05. The highest BCUT2D eigenvalue weighted by atomic mass is 35.5. The number of hydrogen-bond acceptors (Lipinski definition) is 3. The van der Waals surface area contributed by atoms with Gasteiger partial charge in [-0.3, -0.25) is 4.98 Å². The van der Waals surface area contributed by atoms with Gasteiger partial charge in [-0.25, -0.2) is 9.97 Å². The number of pyridine rings is 1. The zero-order valence-electron chi connectivity index (χ0n) is 15.4. The maximum Gasteiger partial charge on any atom is 0.107 e. The molecule has 3 aromatic heterocycles. The fourth-order valence-electron chi connectivity index (χ4n) is 3.51. The summed E-state index contributed by atoms with van der Waals surface area (Å²) < 4.78 is 0. The summed E-state index contributed by atoms with van der Waals surface area (Å²) >= 11 is 6.44. The second-order valence-electron chi connectivity index (χ2n) is 7.28. The molecule has 4 aromatic rings. The van der Waals surface area contributed by atoms with E-state index in [0.29, 0.717) is 10.9 Å². The van der Waals surface area contributed by atoms with Gasteiger partial charge >= 0.3 is 0 Å². The maximum atomic E-state index is 6.44. The van der Waals surface area contributed by atoms with Crippen LogP contribution in [0, 0.1) is 6.92 Å². The number of benzene rings is 1. The van der Waals surface area contributed by atoms with Crippen molar-refractivity contribution >= 4 is 33.7 Å². The third kappa shape index (κ3) is 2.86. The third-order valence-corrected chi connectivity index (χ3v) is 5.27. The van der Waals surface area contributed by atoms with Crippen LogP contribution >= 0.6 is 11.6 Å². The highest BCUT2D eigenvalue weighted by Crippen LogP contribution is 2.29. The number of hydrogen-bond donors (Lipinski definition) is 2. The topological polar surface area (TPSA) is 70.2 Å². The van der Waals surface area contributed by atoms with Crippen molar-refractivity contribution in [2.75, 3.05) is 0 Å².